The zero-order valence-electron chi connectivity index (χ0n) is 9.58. The first kappa shape index (κ1) is 13.9. The van der Waals surface area contributed by atoms with Gasteiger partial charge >= 0.3 is 0 Å². The van der Waals surface area contributed by atoms with Gasteiger partial charge in [-0.15, -0.1) is 0 Å². The lowest BCUT2D eigenvalue weighted by Gasteiger charge is -2.25. The first-order valence-corrected chi connectivity index (χ1v) is 6.11. The van der Waals surface area contributed by atoms with Crippen LogP contribution in [0.4, 0.5) is 5.69 Å². The maximum Gasteiger partial charge on any atom is 0.242 e. The number of hydrogen-bond acceptors (Lipinski definition) is 3. The summed E-state index contributed by atoms with van der Waals surface area (Å²) in [7, 11) is 0. The van der Waals surface area contributed by atoms with Crippen LogP contribution in [-0.4, -0.2) is 16.4 Å². The van der Waals surface area contributed by atoms with Gasteiger partial charge in [-0.05, 0) is 32.0 Å². The van der Waals surface area contributed by atoms with Crippen molar-refractivity contribution < 1.29 is 4.79 Å². The summed E-state index contributed by atoms with van der Waals surface area (Å²) in [6, 6.07) is 5.42. The fourth-order valence-electron chi connectivity index (χ4n) is 1.23. The zero-order chi connectivity index (χ0) is 13.2. The summed E-state index contributed by atoms with van der Waals surface area (Å²) in [6.45, 7) is 3.39. The summed E-state index contributed by atoms with van der Waals surface area (Å²) in [4.78, 5) is 11.5. The van der Waals surface area contributed by atoms with Crippen LogP contribution in [0.2, 0.25) is 0 Å². The molecule has 0 saturated heterocycles. The van der Waals surface area contributed by atoms with E-state index in [9.17, 15) is 4.79 Å². The fourth-order valence-corrected chi connectivity index (χ4v) is 1.76. The number of halogens is 1. The van der Waals surface area contributed by atoms with Crippen molar-refractivity contribution in [3.8, 4) is 0 Å². The minimum Gasteiger partial charge on any atom is -0.389 e. The molecular formula is C11H14BrN3OS. The molecule has 1 aromatic rings. The van der Waals surface area contributed by atoms with Crippen molar-refractivity contribution in [3.63, 3.8) is 0 Å². The molecule has 0 fully saturated rings. The lowest BCUT2D eigenvalue weighted by molar-refractivity contribution is -0.121. The predicted molar refractivity (Wildman–Crippen MR) is 76.9 cm³/mol. The van der Waals surface area contributed by atoms with Gasteiger partial charge in [-0.2, -0.15) is 0 Å². The number of benzene rings is 1. The number of anilines is 1. The quantitative estimate of drug-likeness (QED) is 0.739. The maximum absolute atomic E-state index is 11.3. The Bertz CT molecular complexity index is 474. The first-order chi connectivity index (χ1) is 7.74. The van der Waals surface area contributed by atoms with Crippen molar-refractivity contribution in [2.45, 2.75) is 19.4 Å². The molecule has 0 radical (unpaired) electrons. The van der Waals surface area contributed by atoms with Gasteiger partial charge < -0.3 is 16.8 Å². The molecule has 0 aliphatic heterocycles. The Labute approximate surface area is 114 Å². The lowest BCUT2D eigenvalue weighted by atomic mass is 10.0. The van der Waals surface area contributed by atoms with Crippen molar-refractivity contribution in [3.05, 3.63) is 28.2 Å². The van der Waals surface area contributed by atoms with Crippen LogP contribution in [0, 0.1) is 0 Å². The Kier molecular flexibility index (Phi) is 4.11. The van der Waals surface area contributed by atoms with E-state index in [1.165, 1.54) is 0 Å². The minimum atomic E-state index is -0.868. The Balaban J connectivity index is 3.15. The predicted octanol–water partition coefficient (Wildman–Crippen LogP) is 1.76. The molecule has 5 N–H and O–H groups in total. The third-order valence-corrected chi connectivity index (χ3v) is 3.02. The Hall–Kier alpha value is -1.14. The molecule has 0 bridgehead atoms. The Morgan fingerprint density at radius 1 is 1.41 bits per heavy atom. The van der Waals surface area contributed by atoms with Crippen molar-refractivity contribution >= 4 is 44.7 Å². The number of nitrogens with one attached hydrogen (secondary N) is 1. The van der Waals surface area contributed by atoms with E-state index in [1.807, 2.05) is 6.07 Å². The zero-order valence-corrected chi connectivity index (χ0v) is 12.0. The SMILES string of the molecule is CC(C)(Nc1ccc(Br)cc1C(N)=S)C(N)=O. The van der Waals surface area contributed by atoms with Gasteiger partial charge in [0.1, 0.15) is 10.5 Å². The summed E-state index contributed by atoms with van der Waals surface area (Å²) in [5.74, 6) is -0.450. The molecule has 1 amide bonds. The van der Waals surface area contributed by atoms with Crippen molar-refractivity contribution in [2.75, 3.05) is 5.32 Å². The molecule has 1 aromatic carbocycles. The molecule has 0 saturated carbocycles. The monoisotopic (exact) mass is 315 g/mol. The lowest BCUT2D eigenvalue weighted by Crippen LogP contribution is -2.45. The van der Waals surface area contributed by atoms with E-state index in [1.54, 1.807) is 26.0 Å². The van der Waals surface area contributed by atoms with Crippen molar-refractivity contribution in [2.24, 2.45) is 11.5 Å². The first-order valence-electron chi connectivity index (χ1n) is 4.91. The number of primary amides is 1. The van der Waals surface area contributed by atoms with Gasteiger partial charge in [0.15, 0.2) is 0 Å². The molecule has 0 aromatic heterocycles. The smallest absolute Gasteiger partial charge is 0.242 e. The van der Waals surface area contributed by atoms with Crippen molar-refractivity contribution in [1.29, 1.82) is 0 Å². The average Bonchev–Trinajstić information content (AvgIpc) is 2.19. The molecule has 1 rings (SSSR count). The van der Waals surface area contributed by atoms with Crippen LogP contribution < -0.4 is 16.8 Å². The minimum absolute atomic E-state index is 0.258. The second-order valence-corrected chi connectivity index (χ2v) is 5.52. The highest BCUT2D eigenvalue weighted by molar-refractivity contribution is 9.10. The van der Waals surface area contributed by atoms with Crippen molar-refractivity contribution in [1.82, 2.24) is 0 Å². The molecule has 4 nitrogen and oxygen atoms in total. The molecule has 6 heteroatoms. The molecule has 0 heterocycles. The Morgan fingerprint density at radius 2 is 2.00 bits per heavy atom. The van der Waals surface area contributed by atoms with Gasteiger partial charge in [0, 0.05) is 15.7 Å². The summed E-state index contributed by atoms with van der Waals surface area (Å²) < 4.78 is 0.864. The van der Waals surface area contributed by atoms with Crippen LogP contribution in [-0.2, 0) is 4.79 Å². The normalized spacial score (nSPS) is 11.0. The molecule has 0 atom stereocenters. The molecule has 17 heavy (non-hydrogen) atoms. The van der Waals surface area contributed by atoms with E-state index >= 15 is 0 Å². The summed E-state index contributed by atoms with van der Waals surface area (Å²) >= 11 is 8.30. The van der Waals surface area contributed by atoms with E-state index in [4.69, 9.17) is 23.7 Å². The molecule has 0 aliphatic rings. The van der Waals surface area contributed by atoms with Crippen LogP contribution in [0.5, 0.6) is 0 Å². The van der Waals surface area contributed by atoms with E-state index in [0.717, 1.165) is 4.47 Å². The average molecular weight is 316 g/mol. The van der Waals surface area contributed by atoms with Crippen LogP contribution in [0.1, 0.15) is 19.4 Å². The van der Waals surface area contributed by atoms with Gasteiger partial charge in [-0.3, -0.25) is 4.79 Å². The number of carbonyl (C=O) groups excluding carboxylic acids is 1. The highest BCUT2D eigenvalue weighted by atomic mass is 79.9. The van der Waals surface area contributed by atoms with Crippen LogP contribution >= 0.6 is 28.1 Å². The molecular weight excluding hydrogens is 302 g/mol. The van der Waals surface area contributed by atoms with E-state index in [0.29, 0.717) is 11.3 Å². The van der Waals surface area contributed by atoms with Crippen LogP contribution in [0.25, 0.3) is 0 Å². The number of nitrogens with two attached hydrogens (primary N) is 2. The number of amides is 1. The van der Waals surface area contributed by atoms with Gasteiger partial charge in [0.2, 0.25) is 5.91 Å². The summed E-state index contributed by atoms with van der Waals surface area (Å²) in [6.07, 6.45) is 0. The number of rotatable bonds is 4. The highest BCUT2D eigenvalue weighted by Gasteiger charge is 2.25. The fraction of sp³-hybridized carbons (Fsp3) is 0.273. The van der Waals surface area contributed by atoms with Gasteiger partial charge in [0.05, 0.1) is 0 Å². The molecule has 0 aliphatic carbocycles. The second-order valence-electron chi connectivity index (χ2n) is 4.17. The van der Waals surface area contributed by atoms with E-state index in [-0.39, 0.29) is 4.99 Å². The topological polar surface area (TPSA) is 81.1 Å². The van der Waals surface area contributed by atoms with Gasteiger partial charge in [0.25, 0.3) is 0 Å². The number of thiocarbonyl (C=S) groups is 1. The molecule has 0 spiro atoms. The standard InChI is InChI=1S/C11H14BrN3OS/c1-11(2,10(14)16)15-8-4-3-6(12)5-7(8)9(13)17/h3-5,15H,1-2H3,(H2,13,17)(H2,14,16). The third kappa shape index (κ3) is 3.41. The van der Waals surface area contributed by atoms with Crippen LogP contribution in [0.15, 0.2) is 22.7 Å². The van der Waals surface area contributed by atoms with E-state index < -0.39 is 11.4 Å². The summed E-state index contributed by atoms with van der Waals surface area (Å²) in [5, 5.41) is 3.03. The number of carbonyl (C=O) groups is 1. The van der Waals surface area contributed by atoms with Crippen LogP contribution in [0.3, 0.4) is 0 Å². The number of hydrogen-bond donors (Lipinski definition) is 3. The molecule has 92 valence electrons. The second kappa shape index (κ2) is 5.01. The Morgan fingerprint density at radius 3 is 2.47 bits per heavy atom. The van der Waals surface area contributed by atoms with E-state index in [2.05, 4.69) is 21.2 Å². The third-order valence-electron chi connectivity index (χ3n) is 2.31. The van der Waals surface area contributed by atoms with Gasteiger partial charge in [-0.1, -0.05) is 28.1 Å². The highest BCUT2D eigenvalue weighted by Crippen LogP contribution is 2.24. The largest absolute Gasteiger partial charge is 0.389 e. The maximum atomic E-state index is 11.3. The molecule has 0 unspecified atom stereocenters. The van der Waals surface area contributed by atoms with Gasteiger partial charge in [-0.25, -0.2) is 0 Å². The summed E-state index contributed by atoms with van der Waals surface area (Å²) in [5.41, 5.74) is 11.4.